The Morgan fingerprint density at radius 3 is 2.19 bits per heavy atom. The van der Waals surface area contributed by atoms with Crippen LogP contribution >= 0.6 is 0 Å². The van der Waals surface area contributed by atoms with Gasteiger partial charge in [-0.2, -0.15) is 5.10 Å². The maximum absolute atomic E-state index is 11.5. The SMILES string of the molecule is Cc1ccc(-c2c(-c3ccc(S(N)(=O)=O)cc3)nn3ccccc23)cc1. The molecule has 4 rings (SSSR count). The predicted octanol–water partition coefficient (Wildman–Crippen LogP) is 3.62. The van der Waals surface area contributed by atoms with Crippen LogP contribution in [0, 0.1) is 6.92 Å². The highest BCUT2D eigenvalue weighted by Crippen LogP contribution is 2.35. The summed E-state index contributed by atoms with van der Waals surface area (Å²) in [4.78, 5) is 0.0851. The standard InChI is InChI=1S/C20H17N3O2S/c1-14-5-7-15(8-6-14)19-18-4-2-3-13-23(18)22-20(19)16-9-11-17(12-10-16)26(21,24)25/h2-13H,1H3,(H2,21,24,25). The van der Waals surface area contributed by atoms with Crippen molar-refractivity contribution in [3.05, 3.63) is 78.5 Å². The summed E-state index contributed by atoms with van der Waals surface area (Å²) >= 11 is 0. The molecule has 130 valence electrons. The molecule has 2 aromatic heterocycles. The minimum atomic E-state index is -3.72. The van der Waals surface area contributed by atoms with Crippen molar-refractivity contribution in [2.24, 2.45) is 5.14 Å². The van der Waals surface area contributed by atoms with Crippen molar-refractivity contribution >= 4 is 15.5 Å². The summed E-state index contributed by atoms with van der Waals surface area (Å²) in [5, 5.41) is 9.90. The summed E-state index contributed by atoms with van der Waals surface area (Å²) < 4.78 is 24.8. The first-order valence-corrected chi connectivity index (χ1v) is 9.66. The second kappa shape index (κ2) is 6.09. The van der Waals surface area contributed by atoms with Gasteiger partial charge in [0.2, 0.25) is 10.0 Å². The van der Waals surface area contributed by atoms with E-state index in [1.807, 2.05) is 35.8 Å². The molecule has 4 aromatic rings. The van der Waals surface area contributed by atoms with Gasteiger partial charge in [0.1, 0.15) is 5.69 Å². The van der Waals surface area contributed by atoms with Gasteiger partial charge in [0.15, 0.2) is 0 Å². The Morgan fingerprint density at radius 1 is 0.885 bits per heavy atom. The van der Waals surface area contributed by atoms with Gasteiger partial charge >= 0.3 is 0 Å². The van der Waals surface area contributed by atoms with Gasteiger partial charge in [-0.3, -0.25) is 0 Å². The lowest BCUT2D eigenvalue weighted by molar-refractivity contribution is 0.598. The molecule has 5 nitrogen and oxygen atoms in total. The van der Waals surface area contributed by atoms with Crippen LogP contribution in [0.2, 0.25) is 0 Å². The van der Waals surface area contributed by atoms with Crippen molar-refractivity contribution < 1.29 is 8.42 Å². The average Bonchev–Trinajstić information content (AvgIpc) is 3.01. The number of benzene rings is 2. The van der Waals surface area contributed by atoms with E-state index in [2.05, 4.69) is 24.3 Å². The van der Waals surface area contributed by atoms with Crippen molar-refractivity contribution in [1.82, 2.24) is 9.61 Å². The highest BCUT2D eigenvalue weighted by Gasteiger charge is 2.17. The first-order chi connectivity index (χ1) is 12.4. The second-order valence-electron chi connectivity index (χ2n) is 6.19. The van der Waals surface area contributed by atoms with Crippen LogP contribution in [0.15, 0.2) is 77.8 Å². The Kier molecular flexibility index (Phi) is 3.86. The molecule has 6 heteroatoms. The van der Waals surface area contributed by atoms with E-state index < -0.39 is 10.0 Å². The molecule has 2 aromatic carbocycles. The molecule has 0 saturated heterocycles. The lowest BCUT2D eigenvalue weighted by atomic mass is 9.99. The van der Waals surface area contributed by atoms with E-state index in [9.17, 15) is 8.42 Å². The molecule has 26 heavy (non-hydrogen) atoms. The quantitative estimate of drug-likeness (QED) is 0.604. The number of hydrogen-bond donors (Lipinski definition) is 1. The van der Waals surface area contributed by atoms with Crippen molar-refractivity contribution in [1.29, 1.82) is 0 Å². The van der Waals surface area contributed by atoms with Crippen molar-refractivity contribution in [3.63, 3.8) is 0 Å². The Hall–Kier alpha value is -2.96. The zero-order valence-corrected chi connectivity index (χ0v) is 14.9. The number of aromatic nitrogens is 2. The van der Waals surface area contributed by atoms with E-state index in [1.165, 1.54) is 17.7 Å². The van der Waals surface area contributed by atoms with Gasteiger partial charge in [-0.1, -0.05) is 48.0 Å². The van der Waals surface area contributed by atoms with Gasteiger partial charge in [0.25, 0.3) is 0 Å². The van der Waals surface area contributed by atoms with Crippen LogP contribution in [-0.2, 0) is 10.0 Å². The largest absolute Gasteiger partial charge is 0.240 e. The van der Waals surface area contributed by atoms with Gasteiger partial charge in [0.05, 0.1) is 10.4 Å². The van der Waals surface area contributed by atoms with Crippen LogP contribution in [0.3, 0.4) is 0 Å². The first kappa shape index (κ1) is 16.5. The molecule has 0 saturated carbocycles. The fourth-order valence-electron chi connectivity index (χ4n) is 3.01. The Labute approximate surface area is 151 Å². The molecule has 0 bridgehead atoms. The minimum Gasteiger partial charge on any atom is -0.240 e. The highest BCUT2D eigenvalue weighted by atomic mass is 32.2. The van der Waals surface area contributed by atoms with E-state index in [0.29, 0.717) is 0 Å². The zero-order valence-electron chi connectivity index (χ0n) is 14.1. The molecule has 2 heterocycles. The molecule has 0 spiro atoms. The third kappa shape index (κ3) is 2.89. The van der Waals surface area contributed by atoms with E-state index in [-0.39, 0.29) is 4.90 Å². The summed E-state index contributed by atoms with van der Waals surface area (Å²) in [6.45, 7) is 2.05. The van der Waals surface area contributed by atoms with E-state index in [0.717, 1.165) is 27.9 Å². The third-order valence-corrected chi connectivity index (χ3v) is 5.27. The Morgan fingerprint density at radius 2 is 1.54 bits per heavy atom. The number of nitrogens with two attached hydrogens (primary N) is 1. The molecule has 0 amide bonds. The van der Waals surface area contributed by atoms with Crippen molar-refractivity contribution in [3.8, 4) is 22.4 Å². The van der Waals surface area contributed by atoms with Gasteiger partial charge < -0.3 is 0 Å². The molecule has 0 aliphatic carbocycles. The summed E-state index contributed by atoms with van der Waals surface area (Å²) in [6, 6.07) is 20.7. The first-order valence-electron chi connectivity index (χ1n) is 8.11. The smallest absolute Gasteiger partial charge is 0.238 e. The lowest BCUT2D eigenvalue weighted by Crippen LogP contribution is -2.11. The number of aryl methyl sites for hydroxylation is 1. The van der Waals surface area contributed by atoms with Gasteiger partial charge in [0, 0.05) is 17.3 Å². The summed E-state index contributed by atoms with van der Waals surface area (Å²) in [5.41, 5.74) is 5.86. The fourth-order valence-corrected chi connectivity index (χ4v) is 3.52. The van der Waals surface area contributed by atoms with Crippen LogP contribution in [0.25, 0.3) is 27.9 Å². The van der Waals surface area contributed by atoms with Gasteiger partial charge in [-0.25, -0.2) is 18.1 Å². The van der Waals surface area contributed by atoms with Crippen molar-refractivity contribution in [2.75, 3.05) is 0 Å². The number of nitrogens with zero attached hydrogens (tertiary/aromatic N) is 2. The summed E-state index contributed by atoms with van der Waals surface area (Å²) in [5.74, 6) is 0. The maximum atomic E-state index is 11.5. The van der Waals surface area contributed by atoms with E-state index in [4.69, 9.17) is 10.2 Å². The van der Waals surface area contributed by atoms with Gasteiger partial charge in [-0.05, 0) is 36.8 Å². The second-order valence-corrected chi connectivity index (χ2v) is 7.75. The Balaban J connectivity index is 1.95. The summed E-state index contributed by atoms with van der Waals surface area (Å²) in [7, 11) is -3.72. The molecule has 0 radical (unpaired) electrons. The van der Waals surface area contributed by atoms with Crippen molar-refractivity contribution in [2.45, 2.75) is 11.8 Å². The topological polar surface area (TPSA) is 77.5 Å². The maximum Gasteiger partial charge on any atom is 0.238 e. The van der Waals surface area contributed by atoms with Crippen LogP contribution in [0.4, 0.5) is 0 Å². The number of sulfonamides is 1. The highest BCUT2D eigenvalue weighted by molar-refractivity contribution is 7.89. The molecule has 0 fully saturated rings. The molecule has 0 atom stereocenters. The molecule has 0 aliphatic rings. The fraction of sp³-hybridized carbons (Fsp3) is 0.0500. The molecular formula is C20H17N3O2S. The summed E-state index contributed by atoms with van der Waals surface area (Å²) in [6.07, 6.45) is 1.90. The average molecular weight is 363 g/mol. The normalized spacial score (nSPS) is 11.8. The number of fused-ring (bicyclic) bond motifs is 1. The van der Waals surface area contributed by atoms with Crippen LogP contribution in [0.5, 0.6) is 0 Å². The molecular weight excluding hydrogens is 346 g/mol. The number of pyridine rings is 1. The number of hydrogen-bond acceptors (Lipinski definition) is 3. The van der Waals surface area contributed by atoms with E-state index in [1.54, 1.807) is 12.1 Å². The number of rotatable bonds is 3. The van der Waals surface area contributed by atoms with Crippen LogP contribution < -0.4 is 5.14 Å². The lowest BCUT2D eigenvalue weighted by Gasteiger charge is -2.05. The predicted molar refractivity (Wildman–Crippen MR) is 102 cm³/mol. The number of primary sulfonamides is 1. The Bertz CT molecular complexity index is 1190. The van der Waals surface area contributed by atoms with Gasteiger partial charge in [-0.15, -0.1) is 0 Å². The zero-order chi connectivity index (χ0) is 18.3. The molecule has 2 N–H and O–H groups in total. The van der Waals surface area contributed by atoms with Crippen LogP contribution in [-0.4, -0.2) is 18.0 Å². The minimum absolute atomic E-state index is 0.0851. The van der Waals surface area contributed by atoms with E-state index >= 15 is 0 Å². The monoisotopic (exact) mass is 363 g/mol. The third-order valence-electron chi connectivity index (χ3n) is 4.34. The van der Waals surface area contributed by atoms with Crippen LogP contribution in [0.1, 0.15) is 5.56 Å². The molecule has 0 aliphatic heterocycles. The molecule has 0 unspecified atom stereocenters.